The molecule has 6 heteroatoms. The van der Waals surface area contributed by atoms with E-state index in [1.54, 1.807) is 6.07 Å². The van der Waals surface area contributed by atoms with Gasteiger partial charge in [-0.05, 0) is 12.1 Å². The Kier molecular flexibility index (Phi) is 4.22. The molecule has 0 aliphatic carbocycles. The molecule has 2 rings (SSSR count). The van der Waals surface area contributed by atoms with Gasteiger partial charge in [0.2, 0.25) is 5.91 Å². The van der Waals surface area contributed by atoms with Crippen LogP contribution in [0.5, 0.6) is 5.75 Å². The van der Waals surface area contributed by atoms with Crippen LogP contribution in [0, 0.1) is 0 Å². The van der Waals surface area contributed by atoms with Crippen LogP contribution in [0.3, 0.4) is 0 Å². The monoisotopic (exact) mass is 263 g/mol. The molecule has 2 amide bonds. The molecule has 0 fully saturated rings. The van der Waals surface area contributed by atoms with Gasteiger partial charge >= 0.3 is 0 Å². The first-order valence-corrected chi connectivity index (χ1v) is 6.21. The molecule has 6 nitrogen and oxygen atoms in total. The maximum atomic E-state index is 12.0. The topological polar surface area (TPSA) is 79.5 Å². The maximum Gasteiger partial charge on any atom is 0.255 e. The lowest BCUT2D eigenvalue weighted by Gasteiger charge is -2.21. The lowest BCUT2D eigenvalue weighted by atomic mass is 10.1. The van der Waals surface area contributed by atoms with Crippen molar-refractivity contribution < 1.29 is 14.3 Å². The Hall–Kier alpha value is -2.24. The second-order valence-electron chi connectivity index (χ2n) is 4.20. The van der Waals surface area contributed by atoms with E-state index in [1.165, 1.54) is 6.92 Å². The summed E-state index contributed by atoms with van der Waals surface area (Å²) in [7, 11) is 0. The van der Waals surface area contributed by atoms with E-state index in [4.69, 9.17) is 4.74 Å². The maximum absolute atomic E-state index is 12.0. The Bertz CT molecular complexity index is 488. The molecule has 0 radical (unpaired) electrons. The Morgan fingerprint density at radius 2 is 2.11 bits per heavy atom. The van der Waals surface area contributed by atoms with Crippen LogP contribution in [-0.4, -0.2) is 38.1 Å². The van der Waals surface area contributed by atoms with Gasteiger partial charge < -0.3 is 20.7 Å². The zero-order valence-electron chi connectivity index (χ0n) is 10.8. The molecule has 0 spiro atoms. The number of anilines is 1. The molecule has 0 atom stereocenters. The van der Waals surface area contributed by atoms with Crippen molar-refractivity contribution in [2.45, 2.75) is 6.92 Å². The van der Waals surface area contributed by atoms with Crippen LogP contribution in [0.15, 0.2) is 18.2 Å². The fourth-order valence-corrected chi connectivity index (χ4v) is 1.86. The molecule has 102 valence electrons. The quantitative estimate of drug-likeness (QED) is 0.685. The van der Waals surface area contributed by atoms with Crippen LogP contribution in [0.25, 0.3) is 0 Å². The van der Waals surface area contributed by atoms with E-state index < -0.39 is 0 Å². The van der Waals surface area contributed by atoms with Gasteiger partial charge in [-0.15, -0.1) is 0 Å². The van der Waals surface area contributed by atoms with Crippen molar-refractivity contribution in [1.29, 1.82) is 0 Å². The zero-order chi connectivity index (χ0) is 13.7. The normalized spacial score (nSPS) is 12.7. The Morgan fingerprint density at radius 3 is 2.89 bits per heavy atom. The number of amides is 2. The summed E-state index contributed by atoms with van der Waals surface area (Å²) in [4.78, 5) is 22.7. The van der Waals surface area contributed by atoms with Crippen LogP contribution in [-0.2, 0) is 4.79 Å². The van der Waals surface area contributed by atoms with Crippen LogP contribution >= 0.6 is 0 Å². The minimum atomic E-state index is -0.203. The van der Waals surface area contributed by atoms with Gasteiger partial charge in [-0.1, -0.05) is 6.07 Å². The predicted molar refractivity (Wildman–Crippen MR) is 71.4 cm³/mol. The molecule has 0 unspecified atom stereocenters. The highest BCUT2D eigenvalue weighted by atomic mass is 16.5. The summed E-state index contributed by atoms with van der Waals surface area (Å²) in [6.45, 7) is 3.52. The number of nitrogens with one attached hydrogen (secondary N) is 3. The summed E-state index contributed by atoms with van der Waals surface area (Å²) >= 11 is 0. The van der Waals surface area contributed by atoms with Gasteiger partial charge in [0.1, 0.15) is 6.61 Å². The third-order valence-electron chi connectivity index (χ3n) is 2.71. The number of carbonyl (C=O) groups excluding carboxylic acids is 2. The van der Waals surface area contributed by atoms with E-state index >= 15 is 0 Å². The van der Waals surface area contributed by atoms with Gasteiger partial charge in [-0.3, -0.25) is 9.59 Å². The number of hydrogen-bond donors (Lipinski definition) is 3. The SMILES string of the molecule is CC(=O)NCCNC(=O)c1cccc2c1OCCN2. The molecule has 0 bridgehead atoms. The first-order valence-electron chi connectivity index (χ1n) is 6.21. The number of para-hydroxylation sites is 1. The van der Waals surface area contributed by atoms with E-state index in [9.17, 15) is 9.59 Å². The summed E-state index contributed by atoms with van der Waals surface area (Å²) in [6, 6.07) is 5.41. The van der Waals surface area contributed by atoms with Gasteiger partial charge in [0.05, 0.1) is 11.3 Å². The molecule has 0 aromatic heterocycles. The average Bonchev–Trinajstić information content (AvgIpc) is 2.42. The van der Waals surface area contributed by atoms with Crippen LogP contribution in [0.1, 0.15) is 17.3 Å². The van der Waals surface area contributed by atoms with E-state index in [0.29, 0.717) is 31.0 Å². The van der Waals surface area contributed by atoms with Crippen molar-refractivity contribution in [3.05, 3.63) is 23.8 Å². The van der Waals surface area contributed by atoms with Crippen LogP contribution in [0.4, 0.5) is 5.69 Å². The standard InChI is InChI=1S/C13H17N3O3/c1-9(17)14-5-6-16-13(18)10-3-2-4-11-12(10)19-8-7-15-11/h2-4,15H,5-8H2,1H3,(H,14,17)(H,16,18). The van der Waals surface area contributed by atoms with Gasteiger partial charge in [0.15, 0.2) is 5.75 Å². The molecular weight excluding hydrogens is 246 g/mol. The number of hydrogen-bond acceptors (Lipinski definition) is 4. The summed E-state index contributed by atoms with van der Waals surface area (Å²) in [5.74, 6) is 0.274. The lowest BCUT2D eigenvalue weighted by molar-refractivity contribution is -0.118. The third kappa shape index (κ3) is 3.37. The molecule has 3 N–H and O–H groups in total. The average molecular weight is 263 g/mol. The molecule has 0 saturated carbocycles. The second-order valence-corrected chi connectivity index (χ2v) is 4.20. The minimum Gasteiger partial charge on any atom is -0.489 e. The predicted octanol–water partition coefficient (Wildman–Crippen LogP) is 0.357. The van der Waals surface area contributed by atoms with Crippen molar-refractivity contribution in [3.63, 3.8) is 0 Å². The van der Waals surface area contributed by atoms with Crippen molar-refractivity contribution >= 4 is 17.5 Å². The van der Waals surface area contributed by atoms with E-state index in [1.807, 2.05) is 12.1 Å². The van der Waals surface area contributed by atoms with Gasteiger partial charge in [-0.2, -0.15) is 0 Å². The molecule has 1 heterocycles. The third-order valence-corrected chi connectivity index (χ3v) is 2.71. The van der Waals surface area contributed by atoms with Crippen molar-refractivity contribution in [3.8, 4) is 5.75 Å². The van der Waals surface area contributed by atoms with Gasteiger partial charge in [0.25, 0.3) is 5.91 Å². The van der Waals surface area contributed by atoms with Gasteiger partial charge in [0, 0.05) is 26.6 Å². The Balaban J connectivity index is 1.97. The molecule has 1 aromatic rings. The first-order chi connectivity index (χ1) is 9.18. The minimum absolute atomic E-state index is 0.112. The summed E-state index contributed by atoms with van der Waals surface area (Å²) in [5.41, 5.74) is 1.34. The van der Waals surface area contributed by atoms with Gasteiger partial charge in [-0.25, -0.2) is 0 Å². The highest BCUT2D eigenvalue weighted by Gasteiger charge is 2.18. The molecule has 1 aromatic carbocycles. The van der Waals surface area contributed by atoms with Crippen LogP contribution < -0.4 is 20.7 Å². The van der Waals surface area contributed by atoms with Crippen molar-refractivity contribution in [2.75, 3.05) is 31.6 Å². The number of fused-ring (bicyclic) bond motifs is 1. The fourth-order valence-electron chi connectivity index (χ4n) is 1.86. The highest BCUT2D eigenvalue weighted by Crippen LogP contribution is 2.30. The summed E-state index contributed by atoms with van der Waals surface area (Å²) in [6.07, 6.45) is 0. The first kappa shape index (κ1) is 13.2. The smallest absolute Gasteiger partial charge is 0.255 e. The largest absolute Gasteiger partial charge is 0.489 e. The van der Waals surface area contributed by atoms with Crippen molar-refractivity contribution in [2.24, 2.45) is 0 Å². The Morgan fingerprint density at radius 1 is 1.32 bits per heavy atom. The van der Waals surface area contributed by atoms with E-state index in [2.05, 4.69) is 16.0 Å². The number of rotatable bonds is 4. The molecule has 1 aliphatic heterocycles. The zero-order valence-corrected chi connectivity index (χ0v) is 10.8. The Labute approximate surface area is 111 Å². The molecule has 19 heavy (non-hydrogen) atoms. The number of benzene rings is 1. The number of carbonyl (C=O) groups is 2. The van der Waals surface area contributed by atoms with E-state index in [0.717, 1.165) is 12.2 Å². The number of ether oxygens (including phenoxy) is 1. The second kappa shape index (κ2) is 6.08. The van der Waals surface area contributed by atoms with E-state index in [-0.39, 0.29) is 11.8 Å². The highest BCUT2D eigenvalue weighted by molar-refractivity contribution is 5.99. The lowest BCUT2D eigenvalue weighted by Crippen LogP contribution is -2.34. The van der Waals surface area contributed by atoms with Crippen molar-refractivity contribution in [1.82, 2.24) is 10.6 Å². The molecule has 1 aliphatic rings. The van der Waals surface area contributed by atoms with Crippen LogP contribution in [0.2, 0.25) is 0 Å². The summed E-state index contributed by atoms with van der Waals surface area (Å²) in [5, 5.41) is 8.54. The fraction of sp³-hybridized carbons (Fsp3) is 0.385. The molecule has 0 saturated heterocycles. The summed E-state index contributed by atoms with van der Waals surface area (Å²) < 4.78 is 5.53. The molecular formula is C13H17N3O3.